The monoisotopic (exact) mass is 285 g/mol. The largest absolute Gasteiger partial charge is 0.416 e. The Bertz CT molecular complexity index is 638. The predicted molar refractivity (Wildman–Crippen MR) is 70.0 cm³/mol. The van der Waals surface area contributed by atoms with Gasteiger partial charge in [0, 0.05) is 5.69 Å². The molecule has 3 nitrogen and oxygen atoms in total. The third kappa shape index (κ3) is 2.93. The second-order valence-corrected chi connectivity index (χ2v) is 4.16. The minimum absolute atomic E-state index is 0.252. The molecule has 0 saturated heterocycles. The Labute approximate surface area is 112 Å². The first kappa shape index (κ1) is 14.0. The van der Waals surface area contributed by atoms with Gasteiger partial charge in [0.2, 0.25) is 0 Å². The summed E-state index contributed by atoms with van der Waals surface area (Å²) < 4.78 is 51.2. The van der Waals surface area contributed by atoms with Crippen LogP contribution in [0.5, 0.6) is 0 Å². The van der Waals surface area contributed by atoms with Crippen molar-refractivity contribution in [1.82, 2.24) is 0 Å². The molecule has 0 fully saturated rings. The summed E-state index contributed by atoms with van der Waals surface area (Å²) in [7, 11) is 0. The van der Waals surface area contributed by atoms with Crippen LogP contribution in [0.4, 0.5) is 40.3 Å². The first-order valence-electron chi connectivity index (χ1n) is 5.56. The van der Waals surface area contributed by atoms with E-state index < -0.39 is 17.6 Å². The van der Waals surface area contributed by atoms with Crippen molar-refractivity contribution in [2.45, 2.75) is 6.18 Å². The summed E-state index contributed by atoms with van der Waals surface area (Å²) in [4.78, 5) is 0. The van der Waals surface area contributed by atoms with Crippen LogP contribution >= 0.6 is 0 Å². The SMILES string of the molecule is Nc1ccc(Nc2cc(C(F)(F)F)ccc2F)cc1N. The van der Waals surface area contributed by atoms with Crippen molar-refractivity contribution >= 4 is 22.7 Å². The van der Waals surface area contributed by atoms with Crippen molar-refractivity contribution in [2.75, 3.05) is 16.8 Å². The quantitative estimate of drug-likeness (QED) is 0.581. The minimum Gasteiger partial charge on any atom is -0.397 e. The predicted octanol–water partition coefficient (Wildman–Crippen LogP) is 3.75. The van der Waals surface area contributed by atoms with Crippen LogP contribution in [0, 0.1) is 5.82 Å². The fourth-order valence-corrected chi connectivity index (χ4v) is 1.61. The van der Waals surface area contributed by atoms with Crippen LogP contribution in [-0.4, -0.2) is 0 Å². The van der Waals surface area contributed by atoms with Gasteiger partial charge in [-0.1, -0.05) is 0 Å². The van der Waals surface area contributed by atoms with Crippen LogP contribution in [-0.2, 0) is 6.18 Å². The van der Waals surface area contributed by atoms with Crippen LogP contribution < -0.4 is 16.8 Å². The van der Waals surface area contributed by atoms with Gasteiger partial charge in [0.1, 0.15) is 5.82 Å². The molecule has 106 valence electrons. The summed E-state index contributed by atoms with van der Waals surface area (Å²) in [5.74, 6) is -0.798. The molecule has 7 heteroatoms. The third-order valence-electron chi connectivity index (χ3n) is 2.66. The lowest BCUT2D eigenvalue weighted by Gasteiger charge is -2.12. The Hall–Kier alpha value is -2.44. The highest BCUT2D eigenvalue weighted by atomic mass is 19.4. The summed E-state index contributed by atoms with van der Waals surface area (Å²) in [5, 5.41) is 2.54. The molecule has 0 aliphatic carbocycles. The van der Waals surface area contributed by atoms with Crippen molar-refractivity contribution in [1.29, 1.82) is 0 Å². The van der Waals surface area contributed by atoms with E-state index in [1.54, 1.807) is 0 Å². The number of halogens is 4. The molecule has 5 N–H and O–H groups in total. The summed E-state index contributed by atoms with van der Waals surface area (Å²) in [6.45, 7) is 0. The number of benzene rings is 2. The normalized spacial score (nSPS) is 11.4. The molecule has 0 amide bonds. The lowest BCUT2D eigenvalue weighted by Crippen LogP contribution is -2.06. The Morgan fingerprint density at radius 2 is 1.60 bits per heavy atom. The van der Waals surface area contributed by atoms with Gasteiger partial charge < -0.3 is 16.8 Å². The first-order valence-corrected chi connectivity index (χ1v) is 5.56. The minimum atomic E-state index is -4.54. The molecular formula is C13H11F4N3. The van der Waals surface area contributed by atoms with Gasteiger partial charge in [-0.15, -0.1) is 0 Å². The van der Waals surface area contributed by atoms with Crippen molar-refractivity contribution in [3.8, 4) is 0 Å². The van der Waals surface area contributed by atoms with Crippen LogP contribution in [0.15, 0.2) is 36.4 Å². The molecule has 0 bridgehead atoms. The lowest BCUT2D eigenvalue weighted by atomic mass is 10.1. The second kappa shape index (κ2) is 4.92. The van der Waals surface area contributed by atoms with E-state index in [0.29, 0.717) is 23.5 Å². The highest BCUT2D eigenvalue weighted by Gasteiger charge is 2.31. The van der Waals surface area contributed by atoms with Crippen LogP contribution in [0.2, 0.25) is 0 Å². The van der Waals surface area contributed by atoms with E-state index in [-0.39, 0.29) is 11.4 Å². The molecule has 0 radical (unpaired) electrons. The Morgan fingerprint density at radius 1 is 0.900 bits per heavy atom. The van der Waals surface area contributed by atoms with Gasteiger partial charge in [-0.05, 0) is 36.4 Å². The van der Waals surface area contributed by atoms with Gasteiger partial charge in [-0.3, -0.25) is 0 Å². The number of nitrogens with one attached hydrogen (secondary N) is 1. The zero-order valence-electron chi connectivity index (χ0n) is 10.1. The number of alkyl halides is 3. The molecule has 0 atom stereocenters. The van der Waals surface area contributed by atoms with E-state index in [9.17, 15) is 17.6 Å². The molecule has 0 spiro atoms. The lowest BCUT2D eigenvalue weighted by molar-refractivity contribution is -0.137. The standard InChI is InChI=1S/C13H11F4N3/c14-9-3-1-7(13(15,16)17)5-12(9)20-8-2-4-10(18)11(19)6-8/h1-6,20H,18-19H2. The smallest absolute Gasteiger partial charge is 0.397 e. The Morgan fingerprint density at radius 3 is 2.20 bits per heavy atom. The van der Waals surface area contributed by atoms with E-state index in [1.807, 2.05) is 0 Å². The Kier molecular flexibility index (Phi) is 3.44. The maximum Gasteiger partial charge on any atom is 0.416 e. The van der Waals surface area contributed by atoms with E-state index in [2.05, 4.69) is 5.32 Å². The van der Waals surface area contributed by atoms with E-state index in [1.165, 1.54) is 18.2 Å². The van der Waals surface area contributed by atoms with Crippen molar-refractivity contribution in [2.24, 2.45) is 0 Å². The number of hydrogen-bond donors (Lipinski definition) is 3. The number of anilines is 4. The number of nitrogens with two attached hydrogens (primary N) is 2. The fraction of sp³-hybridized carbons (Fsp3) is 0.0769. The highest BCUT2D eigenvalue weighted by molar-refractivity contribution is 5.72. The molecule has 0 saturated carbocycles. The molecule has 2 aromatic carbocycles. The van der Waals surface area contributed by atoms with Crippen LogP contribution in [0.25, 0.3) is 0 Å². The molecule has 20 heavy (non-hydrogen) atoms. The second-order valence-electron chi connectivity index (χ2n) is 4.16. The van der Waals surface area contributed by atoms with Gasteiger partial charge in [-0.2, -0.15) is 13.2 Å². The first-order chi connectivity index (χ1) is 9.27. The molecular weight excluding hydrogens is 274 g/mol. The van der Waals surface area contributed by atoms with Gasteiger partial charge in [-0.25, -0.2) is 4.39 Å². The summed E-state index contributed by atoms with van der Waals surface area (Å²) in [6, 6.07) is 6.51. The maximum atomic E-state index is 13.5. The van der Waals surface area contributed by atoms with Gasteiger partial charge in [0.15, 0.2) is 0 Å². The molecule has 0 unspecified atom stereocenters. The van der Waals surface area contributed by atoms with E-state index >= 15 is 0 Å². The molecule has 0 heterocycles. The van der Waals surface area contributed by atoms with Gasteiger partial charge in [0.25, 0.3) is 0 Å². The van der Waals surface area contributed by atoms with Crippen molar-refractivity contribution in [3.63, 3.8) is 0 Å². The average molecular weight is 285 g/mol. The molecule has 0 aromatic heterocycles. The van der Waals surface area contributed by atoms with Gasteiger partial charge >= 0.3 is 6.18 Å². The summed E-state index contributed by atoms with van der Waals surface area (Å²) in [6.07, 6.45) is -4.54. The molecule has 2 rings (SSSR count). The summed E-state index contributed by atoms with van der Waals surface area (Å²) in [5.41, 5.74) is 10.8. The molecule has 0 aliphatic heterocycles. The van der Waals surface area contributed by atoms with Crippen molar-refractivity contribution < 1.29 is 17.6 Å². The fourth-order valence-electron chi connectivity index (χ4n) is 1.61. The zero-order valence-corrected chi connectivity index (χ0v) is 10.1. The topological polar surface area (TPSA) is 64.1 Å². The van der Waals surface area contributed by atoms with Gasteiger partial charge in [0.05, 0.1) is 22.6 Å². The third-order valence-corrected chi connectivity index (χ3v) is 2.66. The highest BCUT2D eigenvalue weighted by Crippen LogP contribution is 2.33. The van der Waals surface area contributed by atoms with E-state index in [0.717, 1.165) is 6.07 Å². The van der Waals surface area contributed by atoms with Crippen LogP contribution in [0.3, 0.4) is 0 Å². The average Bonchev–Trinajstić information content (AvgIpc) is 2.35. The maximum absolute atomic E-state index is 13.5. The summed E-state index contributed by atoms with van der Waals surface area (Å²) >= 11 is 0. The number of rotatable bonds is 2. The van der Waals surface area contributed by atoms with E-state index in [4.69, 9.17) is 11.5 Å². The number of nitrogen functional groups attached to an aromatic ring is 2. The van der Waals surface area contributed by atoms with Crippen molar-refractivity contribution in [3.05, 3.63) is 47.8 Å². The zero-order chi connectivity index (χ0) is 14.9. The number of hydrogen-bond acceptors (Lipinski definition) is 3. The molecule has 0 aliphatic rings. The van der Waals surface area contributed by atoms with Crippen LogP contribution in [0.1, 0.15) is 5.56 Å². The Balaban J connectivity index is 2.35. The molecule has 2 aromatic rings.